The van der Waals surface area contributed by atoms with Crippen LogP contribution in [0.4, 0.5) is 11.4 Å². The lowest BCUT2D eigenvalue weighted by Gasteiger charge is -2.30. The number of nitrogens with one attached hydrogen (secondary N) is 1. The van der Waals surface area contributed by atoms with Gasteiger partial charge in [0.1, 0.15) is 11.8 Å². The number of sulfonamides is 1. The fourth-order valence-corrected chi connectivity index (χ4v) is 4.29. The normalized spacial score (nSPS) is 12.0. The molecule has 0 fully saturated rings. The minimum Gasteiger partial charge on any atom is -0.494 e. The summed E-state index contributed by atoms with van der Waals surface area (Å²) < 4.78 is 36.6. The van der Waals surface area contributed by atoms with Crippen molar-refractivity contribution in [3.63, 3.8) is 0 Å². The van der Waals surface area contributed by atoms with E-state index in [1.165, 1.54) is 6.07 Å². The van der Waals surface area contributed by atoms with Crippen LogP contribution in [0.3, 0.4) is 0 Å². The number of ether oxygens (including phenoxy) is 2. The first-order valence-electron chi connectivity index (χ1n) is 10.0. The highest BCUT2D eigenvalue weighted by Gasteiger charge is 2.31. The first-order valence-corrected chi connectivity index (χ1v) is 11.9. The van der Waals surface area contributed by atoms with Crippen molar-refractivity contribution in [3.8, 4) is 5.75 Å². The molecule has 0 spiro atoms. The van der Waals surface area contributed by atoms with E-state index in [2.05, 4.69) is 5.32 Å². The maximum Gasteiger partial charge on any atom is 0.338 e. The fraction of sp³-hybridized carbons (Fsp3) is 0.364. The molecule has 0 aliphatic carbocycles. The number of carbonyl (C=O) groups is 2. The first kappa shape index (κ1) is 24.2. The van der Waals surface area contributed by atoms with E-state index in [0.29, 0.717) is 29.3 Å². The van der Waals surface area contributed by atoms with E-state index in [9.17, 15) is 18.0 Å². The molecule has 0 saturated heterocycles. The van der Waals surface area contributed by atoms with Crippen LogP contribution in [0.15, 0.2) is 48.5 Å². The van der Waals surface area contributed by atoms with Gasteiger partial charge >= 0.3 is 5.97 Å². The number of carbonyl (C=O) groups excluding carboxylic acids is 2. The Morgan fingerprint density at radius 2 is 1.71 bits per heavy atom. The van der Waals surface area contributed by atoms with Gasteiger partial charge in [0.2, 0.25) is 15.9 Å². The highest BCUT2D eigenvalue weighted by atomic mass is 32.2. The largest absolute Gasteiger partial charge is 0.494 e. The van der Waals surface area contributed by atoms with Crippen molar-refractivity contribution < 1.29 is 27.5 Å². The Balaban J connectivity index is 2.31. The summed E-state index contributed by atoms with van der Waals surface area (Å²) in [5, 5.41) is 2.71. The molecule has 8 nitrogen and oxygen atoms in total. The molecule has 1 N–H and O–H groups in total. The van der Waals surface area contributed by atoms with Crippen LogP contribution >= 0.6 is 0 Å². The summed E-state index contributed by atoms with van der Waals surface area (Å²) in [6.07, 6.45) is 1.30. The van der Waals surface area contributed by atoms with E-state index in [0.717, 1.165) is 10.6 Å². The number of anilines is 2. The zero-order valence-electron chi connectivity index (χ0n) is 18.1. The predicted octanol–water partition coefficient (Wildman–Crippen LogP) is 3.45. The molecule has 0 aliphatic heterocycles. The molecule has 168 valence electrons. The number of benzene rings is 2. The minimum atomic E-state index is -3.76. The smallest absolute Gasteiger partial charge is 0.338 e. The van der Waals surface area contributed by atoms with Crippen molar-refractivity contribution in [3.05, 3.63) is 54.1 Å². The van der Waals surface area contributed by atoms with Gasteiger partial charge in [-0.15, -0.1) is 0 Å². The Morgan fingerprint density at radius 3 is 2.26 bits per heavy atom. The summed E-state index contributed by atoms with van der Waals surface area (Å²) in [6, 6.07) is 11.8. The van der Waals surface area contributed by atoms with Gasteiger partial charge in [-0.3, -0.25) is 9.10 Å². The SMILES string of the molecule is CCOC(=O)c1cccc(NC(=O)C(CC)N(c2ccc(OCC)cc2)S(C)(=O)=O)c1. The number of hydrogen-bond acceptors (Lipinski definition) is 6. The van der Waals surface area contributed by atoms with Gasteiger partial charge in [0.25, 0.3) is 0 Å². The van der Waals surface area contributed by atoms with E-state index in [-0.39, 0.29) is 13.0 Å². The Kier molecular flexibility index (Phi) is 8.44. The van der Waals surface area contributed by atoms with Gasteiger partial charge in [-0.1, -0.05) is 13.0 Å². The molecule has 31 heavy (non-hydrogen) atoms. The van der Waals surface area contributed by atoms with Crippen LogP contribution in [-0.4, -0.2) is 45.8 Å². The van der Waals surface area contributed by atoms with Gasteiger partial charge in [-0.2, -0.15) is 0 Å². The molecular formula is C22H28N2O6S. The molecule has 1 amide bonds. The Labute approximate surface area is 183 Å². The van der Waals surface area contributed by atoms with Gasteiger partial charge in [-0.25, -0.2) is 13.2 Å². The van der Waals surface area contributed by atoms with Crippen molar-refractivity contribution in [1.29, 1.82) is 0 Å². The third kappa shape index (κ3) is 6.45. The van der Waals surface area contributed by atoms with Gasteiger partial charge in [0, 0.05) is 5.69 Å². The molecule has 2 aromatic carbocycles. The molecule has 0 bridgehead atoms. The van der Waals surface area contributed by atoms with Crippen LogP contribution in [-0.2, 0) is 19.6 Å². The number of amides is 1. The second-order valence-corrected chi connectivity index (χ2v) is 8.56. The maximum absolute atomic E-state index is 13.0. The molecule has 2 aromatic rings. The molecule has 0 aromatic heterocycles. The van der Waals surface area contributed by atoms with Gasteiger partial charge in [0.05, 0.1) is 30.7 Å². The van der Waals surface area contributed by atoms with Crippen LogP contribution in [0.25, 0.3) is 0 Å². The summed E-state index contributed by atoms with van der Waals surface area (Å²) in [6.45, 7) is 6.01. The average Bonchev–Trinajstić information content (AvgIpc) is 2.72. The molecule has 9 heteroatoms. The molecule has 1 atom stereocenters. The summed E-state index contributed by atoms with van der Waals surface area (Å²) in [4.78, 5) is 25.0. The van der Waals surface area contributed by atoms with Crippen molar-refractivity contribution in [2.24, 2.45) is 0 Å². The topological polar surface area (TPSA) is 102 Å². The number of hydrogen-bond donors (Lipinski definition) is 1. The lowest BCUT2D eigenvalue weighted by molar-refractivity contribution is -0.117. The molecule has 0 aliphatic rings. The Bertz CT molecular complexity index is 1000. The standard InChI is InChI=1S/C22H28N2O6S/c1-5-20(21(25)23-17-10-8-9-16(15-17)22(26)30-7-3)24(31(4,27)28)18-11-13-19(14-12-18)29-6-2/h8-15,20H,5-7H2,1-4H3,(H,23,25). The first-order chi connectivity index (χ1) is 14.7. The zero-order chi connectivity index (χ0) is 23.0. The molecule has 0 radical (unpaired) electrons. The summed E-state index contributed by atoms with van der Waals surface area (Å²) in [5.74, 6) is -0.409. The molecule has 1 unspecified atom stereocenters. The average molecular weight is 449 g/mol. The Hall–Kier alpha value is -3.07. The molecular weight excluding hydrogens is 420 g/mol. The second-order valence-electron chi connectivity index (χ2n) is 6.70. The lowest BCUT2D eigenvalue weighted by Crippen LogP contribution is -2.47. The van der Waals surface area contributed by atoms with E-state index < -0.39 is 27.9 Å². The van der Waals surface area contributed by atoms with Crippen LogP contribution in [0.5, 0.6) is 5.75 Å². The van der Waals surface area contributed by atoms with Crippen LogP contribution in [0.2, 0.25) is 0 Å². The number of esters is 1. The van der Waals surface area contributed by atoms with E-state index in [1.54, 1.807) is 56.3 Å². The van der Waals surface area contributed by atoms with Crippen molar-refractivity contribution in [2.45, 2.75) is 33.2 Å². The highest BCUT2D eigenvalue weighted by molar-refractivity contribution is 7.92. The summed E-state index contributed by atoms with van der Waals surface area (Å²) in [7, 11) is -3.76. The van der Waals surface area contributed by atoms with E-state index in [4.69, 9.17) is 9.47 Å². The lowest BCUT2D eigenvalue weighted by atomic mass is 10.1. The fourth-order valence-electron chi connectivity index (χ4n) is 3.08. The van der Waals surface area contributed by atoms with Crippen LogP contribution in [0, 0.1) is 0 Å². The number of nitrogens with zero attached hydrogens (tertiary/aromatic N) is 1. The minimum absolute atomic E-state index is 0.235. The summed E-state index contributed by atoms with van der Waals surface area (Å²) >= 11 is 0. The number of rotatable bonds is 10. The van der Waals surface area contributed by atoms with Crippen LogP contribution < -0.4 is 14.4 Å². The van der Waals surface area contributed by atoms with E-state index in [1.807, 2.05) is 6.92 Å². The van der Waals surface area contributed by atoms with Crippen molar-refractivity contribution >= 4 is 33.3 Å². The molecule has 2 rings (SSSR count). The van der Waals surface area contributed by atoms with Gasteiger partial charge in [-0.05, 0) is 62.7 Å². The highest BCUT2D eigenvalue weighted by Crippen LogP contribution is 2.26. The van der Waals surface area contributed by atoms with Crippen molar-refractivity contribution in [2.75, 3.05) is 29.1 Å². The molecule has 0 heterocycles. The monoisotopic (exact) mass is 448 g/mol. The van der Waals surface area contributed by atoms with Crippen LogP contribution in [0.1, 0.15) is 37.6 Å². The molecule has 0 saturated carbocycles. The maximum atomic E-state index is 13.0. The van der Waals surface area contributed by atoms with Crippen molar-refractivity contribution in [1.82, 2.24) is 0 Å². The summed E-state index contributed by atoms with van der Waals surface area (Å²) in [5.41, 5.74) is 1.02. The Morgan fingerprint density at radius 1 is 1.03 bits per heavy atom. The van der Waals surface area contributed by atoms with Gasteiger partial charge < -0.3 is 14.8 Å². The third-order valence-electron chi connectivity index (χ3n) is 4.37. The second kappa shape index (κ2) is 10.8. The zero-order valence-corrected chi connectivity index (χ0v) is 18.9. The predicted molar refractivity (Wildman–Crippen MR) is 120 cm³/mol. The third-order valence-corrected chi connectivity index (χ3v) is 5.55. The quantitative estimate of drug-likeness (QED) is 0.559. The van der Waals surface area contributed by atoms with Gasteiger partial charge in [0.15, 0.2) is 0 Å². The van der Waals surface area contributed by atoms with E-state index >= 15 is 0 Å².